The normalized spacial score (nSPS) is 14.6. The van der Waals surface area contributed by atoms with E-state index in [0.717, 1.165) is 28.8 Å². The lowest BCUT2D eigenvalue weighted by Crippen LogP contribution is -2.40. The van der Waals surface area contributed by atoms with E-state index in [1.165, 1.54) is 5.56 Å². The average molecular weight is 322 g/mol. The van der Waals surface area contributed by atoms with Gasteiger partial charge in [-0.15, -0.1) is 0 Å². The maximum atomic E-state index is 12.8. The highest BCUT2D eigenvalue weighted by atomic mass is 16.2. The molecule has 2 aromatic carbocycles. The molecule has 1 amide bonds. The Morgan fingerprint density at radius 1 is 1.17 bits per heavy atom. The zero-order valence-corrected chi connectivity index (χ0v) is 13.3. The number of carbonyl (C=O) groups is 1. The summed E-state index contributed by atoms with van der Waals surface area (Å²) in [4.78, 5) is 31.4. The molecule has 24 heavy (non-hydrogen) atoms. The van der Waals surface area contributed by atoms with Crippen molar-refractivity contribution in [3.63, 3.8) is 0 Å². The van der Waals surface area contributed by atoms with Crippen LogP contribution in [0.4, 0.5) is 11.4 Å². The summed E-state index contributed by atoms with van der Waals surface area (Å²) < 4.78 is 0. The summed E-state index contributed by atoms with van der Waals surface area (Å²) in [7, 11) is 0. The molecule has 122 valence electrons. The Kier molecular flexibility index (Phi) is 3.37. The Bertz CT molecular complexity index is 972. The van der Waals surface area contributed by atoms with Crippen molar-refractivity contribution in [1.82, 2.24) is 9.97 Å². The number of carbonyl (C=O) groups excluding carboxylic acids is 1. The number of fused-ring (bicyclic) bond motifs is 2. The van der Waals surface area contributed by atoms with Gasteiger partial charge in [-0.3, -0.25) is 4.79 Å². The lowest BCUT2D eigenvalue weighted by Gasteiger charge is -2.23. The summed E-state index contributed by atoms with van der Waals surface area (Å²) in [5, 5.41) is 3.22. The number of nitrogens with one attached hydrogen (secondary N) is 3. The molecule has 1 aromatic heterocycles. The molecule has 2 heterocycles. The molecule has 0 radical (unpaired) electrons. The van der Waals surface area contributed by atoms with E-state index in [-0.39, 0.29) is 17.6 Å². The number of hydrogen-bond acceptors (Lipinski definition) is 3. The van der Waals surface area contributed by atoms with Gasteiger partial charge in [0.25, 0.3) is 0 Å². The van der Waals surface area contributed by atoms with Gasteiger partial charge in [0.2, 0.25) is 5.91 Å². The van der Waals surface area contributed by atoms with Crippen molar-refractivity contribution in [1.29, 1.82) is 0 Å². The largest absolute Gasteiger partial charge is 0.374 e. The second-order valence-electron chi connectivity index (χ2n) is 6.07. The van der Waals surface area contributed by atoms with Crippen LogP contribution in [-0.2, 0) is 11.2 Å². The third-order valence-electron chi connectivity index (χ3n) is 4.42. The number of H-pyrrole nitrogens is 2. The van der Waals surface area contributed by atoms with E-state index < -0.39 is 0 Å². The summed E-state index contributed by atoms with van der Waals surface area (Å²) in [6.07, 6.45) is 0.894. The molecule has 1 aliphatic heterocycles. The number of aromatic amines is 2. The maximum Gasteiger partial charge on any atom is 0.323 e. The minimum Gasteiger partial charge on any atom is -0.374 e. The van der Waals surface area contributed by atoms with Gasteiger partial charge in [-0.25, -0.2) is 4.79 Å². The lowest BCUT2D eigenvalue weighted by atomic mass is 10.2. The Morgan fingerprint density at radius 2 is 1.96 bits per heavy atom. The molecule has 1 unspecified atom stereocenters. The number of anilines is 2. The molecule has 0 spiro atoms. The molecule has 4 rings (SSSR count). The third-order valence-corrected chi connectivity index (χ3v) is 4.42. The van der Waals surface area contributed by atoms with Gasteiger partial charge in [-0.1, -0.05) is 18.2 Å². The third kappa shape index (κ3) is 2.46. The molecule has 6 heteroatoms. The van der Waals surface area contributed by atoms with Crippen molar-refractivity contribution in [3.8, 4) is 0 Å². The first-order valence-electron chi connectivity index (χ1n) is 8.00. The number of hydrogen-bond donors (Lipinski definition) is 3. The molecule has 0 fully saturated rings. The molecule has 3 N–H and O–H groups in total. The van der Waals surface area contributed by atoms with Crippen molar-refractivity contribution >= 4 is 28.3 Å². The van der Waals surface area contributed by atoms with Crippen LogP contribution in [-0.4, -0.2) is 28.5 Å². The monoisotopic (exact) mass is 322 g/mol. The van der Waals surface area contributed by atoms with Gasteiger partial charge in [0.05, 0.1) is 11.0 Å². The highest BCUT2D eigenvalue weighted by molar-refractivity contribution is 6.00. The predicted molar refractivity (Wildman–Crippen MR) is 94.5 cm³/mol. The zero-order chi connectivity index (χ0) is 16.7. The number of benzene rings is 2. The van der Waals surface area contributed by atoms with Crippen molar-refractivity contribution in [3.05, 3.63) is 58.5 Å². The second-order valence-corrected chi connectivity index (χ2v) is 6.07. The van der Waals surface area contributed by atoms with E-state index in [9.17, 15) is 9.59 Å². The highest BCUT2D eigenvalue weighted by Crippen LogP contribution is 2.28. The van der Waals surface area contributed by atoms with Crippen molar-refractivity contribution in [2.24, 2.45) is 0 Å². The molecular formula is C18H18N4O2. The first-order valence-corrected chi connectivity index (χ1v) is 8.00. The van der Waals surface area contributed by atoms with E-state index in [4.69, 9.17) is 0 Å². The number of imidazole rings is 1. The van der Waals surface area contributed by atoms with Crippen molar-refractivity contribution in [2.45, 2.75) is 19.4 Å². The summed E-state index contributed by atoms with van der Waals surface area (Å²) in [5.74, 6) is 0.0441. The van der Waals surface area contributed by atoms with E-state index in [1.807, 2.05) is 48.2 Å². The number of nitrogens with zero attached hydrogens (tertiary/aromatic N) is 1. The minimum atomic E-state index is -0.362. The molecule has 1 atom stereocenters. The van der Waals surface area contributed by atoms with Crippen LogP contribution < -0.4 is 15.9 Å². The topological polar surface area (TPSA) is 81.0 Å². The highest BCUT2D eigenvalue weighted by Gasteiger charge is 2.27. The maximum absolute atomic E-state index is 12.8. The van der Waals surface area contributed by atoms with Gasteiger partial charge in [-0.05, 0) is 43.2 Å². The quantitative estimate of drug-likeness (QED) is 0.692. The van der Waals surface area contributed by atoms with Crippen LogP contribution in [0, 0.1) is 0 Å². The number of aromatic nitrogens is 2. The first-order chi connectivity index (χ1) is 11.6. The van der Waals surface area contributed by atoms with Crippen LogP contribution >= 0.6 is 0 Å². The summed E-state index contributed by atoms with van der Waals surface area (Å²) >= 11 is 0. The minimum absolute atomic E-state index is 0.0441. The molecule has 6 nitrogen and oxygen atoms in total. The van der Waals surface area contributed by atoms with Crippen LogP contribution in [0.5, 0.6) is 0 Å². The predicted octanol–water partition coefficient (Wildman–Crippen LogP) is 2.25. The van der Waals surface area contributed by atoms with Gasteiger partial charge in [-0.2, -0.15) is 0 Å². The molecule has 0 saturated heterocycles. The number of para-hydroxylation sites is 1. The lowest BCUT2D eigenvalue weighted by molar-refractivity contribution is -0.118. The zero-order valence-electron chi connectivity index (χ0n) is 13.3. The molecule has 0 aliphatic carbocycles. The second kappa shape index (κ2) is 5.56. The Morgan fingerprint density at radius 3 is 2.83 bits per heavy atom. The number of amides is 1. The Balaban J connectivity index is 1.54. The van der Waals surface area contributed by atoms with Crippen molar-refractivity contribution in [2.75, 3.05) is 16.8 Å². The average Bonchev–Trinajstić information content (AvgIpc) is 3.16. The number of rotatable bonds is 3. The van der Waals surface area contributed by atoms with Crippen molar-refractivity contribution < 1.29 is 4.79 Å². The SMILES string of the molecule is CC(Nc1ccc2[nH]c(=O)[nH]c2c1)C(=O)N1CCc2ccccc21. The summed E-state index contributed by atoms with van der Waals surface area (Å²) in [6, 6.07) is 13.2. The van der Waals surface area contributed by atoms with E-state index >= 15 is 0 Å². The van der Waals surface area contributed by atoms with Gasteiger partial charge in [0, 0.05) is 17.9 Å². The van der Waals surface area contributed by atoms with Crippen LogP contribution in [0.1, 0.15) is 12.5 Å². The van der Waals surface area contributed by atoms with Gasteiger partial charge in [0.15, 0.2) is 0 Å². The van der Waals surface area contributed by atoms with Crippen LogP contribution in [0.2, 0.25) is 0 Å². The fourth-order valence-corrected chi connectivity index (χ4v) is 3.23. The molecule has 0 bridgehead atoms. The van der Waals surface area contributed by atoms with Gasteiger partial charge < -0.3 is 20.2 Å². The molecule has 0 saturated carbocycles. The summed E-state index contributed by atoms with van der Waals surface area (Å²) in [6.45, 7) is 2.57. The molecular weight excluding hydrogens is 304 g/mol. The van der Waals surface area contributed by atoms with Crippen LogP contribution in [0.15, 0.2) is 47.3 Å². The Labute approximate surface area is 138 Å². The fourth-order valence-electron chi connectivity index (χ4n) is 3.23. The van der Waals surface area contributed by atoms with Crippen LogP contribution in [0.3, 0.4) is 0 Å². The van der Waals surface area contributed by atoms with E-state index in [2.05, 4.69) is 21.4 Å². The van der Waals surface area contributed by atoms with E-state index in [1.54, 1.807) is 0 Å². The standard InChI is InChI=1S/C18H18N4O2/c1-11(17(23)22-9-8-12-4-2-3-5-16(12)22)19-13-6-7-14-15(10-13)21-18(24)20-14/h2-7,10-11,19H,8-9H2,1H3,(H2,20,21,24). The molecule has 3 aromatic rings. The van der Waals surface area contributed by atoms with Gasteiger partial charge in [0.1, 0.15) is 6.04 Å². The molecule has 1 aliphatic rings. The van der Waals surface area contributed by atoms with Crippen LogP contribution in [0.25, 0.3) is 11.0 Å². The fraction of sp³-hybridized carbons (Fsp3) is 0.222. The smallest absolute Gasteiger partial charge is 0.323 e. The first kappa shape index (κ1) is 14.6. The van der Waals surface area contributed by atoms with E-state index in [0.29, 0.717) is 6.54 Å². The summed E-state index contributed by atoms with van der Waals surface area (Å²) in [5.41, 5.74) is 4.24. The Hall–Kier alpha value is -3.02. The van der Waals surface area contributed by atoms with Gasteiger partial charge >= 0.3 is 5.69 Å².